The fourth-order valence-electron chi connectivity index (χ4n) is 3.98. The summed E-state index contributed by atoms with van der Waals surface area (Å²) >= 11 is 0. The quantitative estimate of drug-likeness (QED) is 0.651. The Morgan fingerprint density at radius 3 is 1.69 bits per heavy atom. The molecule has 4 nitrogen and oxygen atoms in total. The second-order valence-electron chi connectivity index (χ2n) is 7.47. The van der Waals surface area contributed by atoms with Crippen LogP contribution >= 0.6 is 0 Å². The van der Waals surface area contributed by atoms with Crippen molar-refractivity contribution in [2.24, 2.45) is 0 Å². The monoisotopic (exact) mass is 444 g/mol. The number of hydrogen-bond acceptors (Lipinski definition) is 3. The molecule has 1 aliphatic carbocycles. The molecule has 2 aliphatic rings. The van der Waals surface area contributed by atoms with Gasteiger partial charge in [-0.05, 0) is 31.0 Å². The molecule has 0 amide bonds. The van der Waals surface area contributed by atoms with Gasteiger partial charge >= 0.3 is 12.4 Å². The Hall–Kier alpha value is -1.33. The Morgan fingerprint density at radius 1 is 0.759 bits per heavy atom. The molecule has 2 fully saturated rings. The van der Waals surface area contributed by atoms with Crippen molar-refractivity contribution in [3.05, 3.63) is 29.3 Å². The van der Waals surface area contributed by atoms with Crippen molar-refractivity contribution >= 4 is 10.0 Å². The summed E-state index contributed by atoms with van der Waals surface area (Å²) in [7, 11) is -4.48. The molecule has 0 N–H and O–H groups in total. The van der Waals surface area contributed by atoms with E-state index < -0.39 is 38.4 Å². The van der Waals surface area contributed by atoms with Crippen LogP contribution in [0.5, 0.6) is 0 Å². The van der Waals surface area contributed by atoms with Crippen molar-refractivity contribution in [1.29, 1.82) is 0 Å². The number of rotatable bonds is 3. The lowest BCUT2D eigenvalue weighted by Crippen LogP contribution is -2.52. The molecule has 1 aliphatic heterocycles. The highest BCUT2D eigenvalue weighted by atomic mass is 32.2. The SMILES string of the molecule is O=S(=O)(c1cc(C(F)(F)F)cc(C(F)(F)F)c1)N1CCN(C2CCCCC2)CC1. The minimum atomic E-state index is -5.09. The molecule has 1 heterocycles. The Kier molecular flexibility index (Phi) is 6.22. The summed E-state index contributed by atoms with van der Waals surface area (Å²) in [6, 6.07) is 0.843. The summed E-state index contributed by atoms with van der Waals surface area (Å²) in [4.78, 5) is 1.18. The fourth-order valence-corrected chi connectivity index (χ4v) is 5.47. The molecule has 164 valence electrons. The summed E-state index contributed by atoms with van der Waals surface area (Å²) in [6.45, 7) is 0.900. The van der Waals surface area contributed by atoms with Gasteiger partial charge < -0.3 is 0 Å². The first kappa shape index (κ1) is 22.4. The van der Waals surface area contributed by atoms with Gasteiger partial charge in [0.2, 0.25) is 10.0 Å². The number of nitrogens with zero attached hydrogens (tertiary/aromatic N) is 2. The van der Waals surface area contributed by atoms with E-state index in [9.17, 15) is 34.8 Å². The van der Waals surface area contributed by atoms with Gasteiger partial charge in [-0.25, -0.2) is 8.42 Å². The van der Waals surface area contributed by atoms with Crippen molar-refractivity contribution in [2.75, 3.05) is 26.2 Å². The summed E-state index contributed by atoms with van der Waals surface area (Å²) in [5.74, 6) is 0. The molecule has 0 unspecified atom stereocenters. The first-order valence-electron chi connectivity index (χ1n) is 9.43. The van der Waals surface area contributed by atoms with E-state index in [0.717, 1.165) is 30.0 Å². The van der Waals surface area contributed by atoms with Gasteiger partial charge in [0, 0.05) is 32.2 Å². The Bertz CT molecular complexity index is 791. The molecule has 0 atom stereocenters. The van der Waals surface area contributed by atoms with Crippen LogP contribution in [0.25, 0.3) is 0 Å². The van der Waals surface area contributed by atoms with Crippen LogP contribution in [0.2, 0.25) is 0 Å². The van der Waals surface area contributed by atoms with Gasteiger partial charge in [0.1, 0.15) is 0 Å². The van der Waals surface area contributed by atoms with E-state index in [1.807, 2.05) is 0 Å². The standard InChI is InChI=1S/C18H22F6N2O2S/c19-17(20,21)13-10-14(18(22,23)24)12-16(11-13)29(27,28)26-8-6-25(7-9-26)15-4-2-1-3-5-15/h10-12,15H,1-9H2. The molecule has 29 heavy (non-hydrogen) atoms. The average Bonchev–Trinajstić information content (AvgIpc) is 2.67. The lowest BCUT2D eigenvalue weighted by molar-refractivity contribution is -0.143. The van der Waals surface area contributed by atoms with Crippen LogP contribution < -0.4 is 0 Å². The van der Waals surface area contributed by atoms with E-state index in [-0.39, 0.29) is 31.3 Å². The molecule has 0 radical (unpaired) electrons. The molecule has 11 heteroatoms. The topological polar surface area (TPSA) is 40.6 Å². The largest absolute Gasteiger partial charge is 0.416 e. The van der Waals surface area contributed by atoms with Crippen LogP contribution in [0.15, 0.2) is 23.1 Å². The third-order valence-electron chi connectivity index (χ3n) is 5.56. The molecule has 3 rings (SSSR count). The smallest absolute Gasteiger partial charge is 0.298 e. The number of hydrogen-bond donors (Lipinski definition) is 0. The lowest BCUT2D eigenvalue weighted by atomic mass is 9.94. The van der Waals surface area contributed by atoms with Gasteiger partial charge in [-0.3, -0.25) is 4.90 Å². The fraction of sp³-hybridized carbons (Fsp3) is 0.667. The van der Waals surface area contributed by atoms with Crippen molar-refractivity contribution in [2.45, 2.75) is 55.4 Å². The molecule has 1 saturated heterocycles. The van der Waals surface area contributed by atoms with Crippen LogP contribution in [-0.2, 0) is 22.4 Å². The van der Waals surface area contributed by atoms with Gasteiger partial charge in [-0.2, -0.15) is 30.6 Å². The zero-order valence-corrected chi connectivity index (χ0v) is 16.4. The first-order chi connectivity index (χ1) is 13.4. The normalized spacial score (nSPS) is 21.4. The molecule has 1 aromatic rings. The van der Waals surface area contributed by atoms with Crippen LogP contribution in [-0.4, -0.2) is 49.8 Å². The Morgan fingerprint density at radius 2 is 1.24 bits per heavy atom. The summed E-state index contributed by atoms with van der Waals surface area (Å²) in [6.07, 6.45) is -4.76. The van der Waals surface area contributed by atoms with E-state index in [2.05, 4.69) is 4.90 Å². The third-order valence-corrected chi connectivity index (χ3v) is 7.44. The van der Waals surface area contributed by atoms with Crippen LogP contribution in [0.4, 0.5) is 26.3 Å². The van der Waals surface area contributed by atoms with Crippen molar-refractivity contribution in [3.8, 4) is 0 Å². The third kappa shape index (κ3) is 5.05. The molecule has 1 saturated carbocycles. The highest BCUT2D eigenvalue weighted by molar-refractivity contribution is 7.89. The van der Waals surface area contributed by atoms with E-state index in [0.29, 0.717) is 19.1 Å². The van der Waals surface area contributed by atoms with Crippen molar-refractivity contribution in [3.63, 3.8) is 0 Å². The minimum Gasteiger partial charge on any atom is -0.298 e. The molecular formula is C18H22F6N2O2S. The number of sulfonamides is 1. The molecule has 0 spiro atoms. The van der Waals surface area contributed by atoms with Gasteiger partial charge in [0.15, 0.2) is 0 Å². The maximum atomic E-state index is 13.0. The highest BCUT2D eigenvalue weighted by Crippen LogP contribution is 2.38. The van der Waals surface area contributed by atoms with Gasteiger partial charge in [-0.1, -0.05) is 19.3 Å². The zero-order chi connectivity index (χ0) is 21.4. The van der Waals surface area contributed by atoms with Crippen LogP contribution in [0.3, 0.4) is 0 Å². The first-order valence-corrected chi connectivity index (χ1v) is 10.9. The van der Waals surface area contributed by atoms with E-state index in [1.54, 1.807) is 0 Å². The predicted molar refractivity (Wildman–Crippen MR) is 93.7 cm³/mol. The van der Waals surface area contributed by atoms with E-state index in [1.165, 1.54) is 6.42 Å². The Balaban J connectivity index is 1.84. The number of benzene rings is 1. The van der Waals surface area contributed by atoms with Crippen molar-refractivity contribution in [1.82, 2.24) is 9.21 Å². The number of alkyl halides is 6. The summed E-state index contributed by atoms with van der Waals surface area (Å²) in [5, 5.41) is 0. The molecule has 0 aromatic heterocycles. The summed E-state index contributed by atoms with van der Waals surface area (Å²) < 4.78 is 105. The Labute approximate surface area is 165 Å². The van der Waals surface area contributed by atoms with E-state index in [4.69, 9.17) is 0 Å². The average molecular weight is 444 g/mol. The van der Waals surface area contributed by atoms with Crippen LogP contribution in [0.1, 0.15) is 43.2 Å². The van der Waals surface area contributed by atoms with Gasteiger partial charge in [0.25, 0.3) is 0 Å². The predicted octanol–water partition coefficient (Wildman–Crippen LogP) is 4.36. The van der Waals surface area contributed by atoms with Crippen molar-refractivity contribution < 1.29 is 34.8 Å². The lowest BCUT2D eigenvalue weighted by Gasteiger charge is -2.40. The number of piperazine rings is 1. The van der Waals surface area contributed by atoms with E-state index >= 15 is 0 Å². The van der Waals surface area contributed by atoms with Crippen LogP contribution in [0, 0.1) is 0 Å². The van der Waals surface area contributed by atoms with Gasteiger partial charge in [0.05, 0.1) is 16.0 Å². The molecular weight excluding hydrogens is 422 g/mol. The second-order valence-corrected chi connectivity index (χ2v) is 9.41. The van der Waals surface area contributed by atoms with Gasteiger partial charge in [-0.15, -0.1) is 0 Å². The molecule has 1 aromatic carbocycles. The molecule has 0 bridgehead atoms. The highest BCUT2D eigenvalue weighted by Gasteiger charge is 2.40. The zero-order valence-electron chi connectivity index (χ0n) is 15.6. The summed E-state index contributed by atoms with van der Waals surface area (Å²) in [5.41, 5.74) is -3.27. The minimum absolute atomic E-state index is 0.0381. The number of halogens is 6. The maximum Gasteiger partial charge on any atom is 0.416 e. The maximum absolute atomic E-state index is 13.0. The second kappa shape index (κ2) is 8.07.